The Morgan fingerprint density at radius 3 is 1.89 bits per heavy atom. The summed E-state index contributed by atoms with van der Waals surface area (Å²) in [7, 11) is 0. The molecule has 106 valence electrons. The minimum Gasteiger partial charge on any atom is -0.480 e. The van der Waals surface area contributed by atoms with Gasteiger partial charge in [0, 0.05) is 0 Å². The maximum absolute atomic E-state index is 10.4. The predicted octanol–water partition coefficient (Wildman–Crippen LogP) is 0.787. The van der Waals surface area contributed by atoms with Crippen LogP contribution in [0.15, 0.2) is 0 Å². The molecule has 0 aromatic rings. The molecule has 6 N–H and O–H groups in total. The molecular weight excluding hydrogens is 236 g/mol. The highest BCUT2D eigenvalue weighted by Gasteiger charge is 2.36. The summed E-state index contributed by atoms with van der Waals surface area (Å²) >= 11 is 0. The van der Waals surface area contributed by atoms with Crippen LogP contribution in [0.25, 0.3) is 0 Å². The first-order valence-corrected chi connectivity index (χ1v) is 6.25. The second-order valence-electron chi connectivity index (χ2n) is 4.92. The van der Waals surface area contributed by atoms with Crippen LogP contribution in [0.3, 0.4) is 0 Å². The summed E-state index contributed by atoms with van der Waals surface area (Å²) < 4.78 is 0. The minimum atomic E-state index is -0.913. The Kier molecular flexibility index (Phi) is 6.86. The lowest BCUT2D eigenvalue weighted by molar-refractivity contribution is -0.143. The molecule has 0 aliphatic heterocycles. The molecule has 6 heteroatoms. The van der Waals surface area contributed by atoms with Gasteiger partial charge in [-0.2, -0.15) is 0 Å². The van der Waals surface area contributed by atoms with E-state index in [9.17, 15) is 9.59 Å². The lowest BCUT2D eigenvalue weighted by atomic mass is 10.0. The summed E-state index contributed by atoms with van der Waals surface area (Å²) in [6.45, 7) is 3.76. The van der Waals surface area contributed by atoms with E-state index in [0.29, 0.717) is 12.8 Å². The molecule has 2 atom stereocenters. The Hall–Kier alpha value is -1.14. The molecule has 0 aromatic heterocycles. The first-order chi connectivity index (χ1) is 8.24. The SMILES string of the molecule is CCC(C)C(N)C(=O)O.NC1(C(=O)O)CCCC1. The van der Waals surface area contributed by atoms with Crippen LogP contribution in [0, 0.1) is 5.92 Å². The van der Waals surface area contributed by atoms with E-state index in [1.807, 2.05) is 13.8 Å². The lowest BCUT2D eigenvalue weighted by Crippen LogP contribution is -2.44. The first-order valence-electron chi connectivity index (χ1n) is 6.25. The van der Waals surface area contributed by atoms with Crippen molar-refractivity contribution in [1.82, 2.24) is 0 Å². The van der Waals surface area contributed by atoms with E-state index in [4.69, 9.17) is 21.7 Å². The van der Waals surface area contributed by atoms with Crippen molar-refractivity contribution in [2.24, 2.45) is 17.4 Å². The van der Waals surface area contributed by atoms with Crippen molar-refractivity contribution in [1.29, 1.82) is 0 Å². The molecule has 0 amide bonds. The minimum absolute atomic E-state index is 0.0718. The van der Waals surface area contributed by atoms with E-state index in [0.717, 1.165) is 19.3 Å². The quantitative estimate of drug-likeness (QED) is 0.591. The molecular formula is C12H24N2O4. The molecule has 0 spiro atoms. The zero-order chi connectivity index (χ0) is 14.3. The number of carboxylic acid groups (broad SMARTS) is 2. The molecule has 1 saturated carbocycles. The van der Waals surface area contributed by atoms with E-state index in [1.165, 1.54) is 0 Å². The molecule has 6 nitrogen and oxygen atoms in total. The number of hydrogen-bond acceptors (Lipinski definition) is 4. The molecule has 1 fully saturated rings. The largest absolute Gasteiger partial charge is 0.480 e. The molecule has 1 aliphatic rings. The van der Waals surface area contributed by atoms with E-state index in [1.54, 1.807) is 0 Å². The molecule has 2 unspecified atom stereocenters. The van der Waals surface area contributed by atoms with Gasteiger partial charge in [0.2, 0.25) is 0 Å². The summed E-state index contributed by atoms with van der Waals surface area (Å²) in [5.74, 6) is -1.69. The van der Waals surface area contributed by atoms with Crippen LogP contribution in [-0.2, 0) is 9.59 Å². The van der Waals surface area contributed by atoms with Crippen molar-refractivity contribution in [3.8, 4) is 0 Å². The maximum atomic E-state index is 10.4. The van der Waals surface area contributed by atoms with Crippen molar-refractivity contribution in [2.75, 3.05) is 0 Å². The van der Waals surface area contributed by atoms with Crippen LogP contribution in [0.4, 0.5) is 0 Å². The fourth-order valence-corrected chi connectivity index (χ4v) is 1.72. The summed E-state index contributed by atoms with van der Waals surface area (Å²) in [6, 6.07) is -0.699. The van der Waals surface area contributed by atoms with E-state index in [2.05, 4.69) is 0 Å². The van der Waals surface area contributed by atoms with Crippen LogP contribution in [-0.4, -0.2) is 33.7 Å². The average Bonchev–Trinajstić information content (AvgIpc) is 2.76. The first kappa shape index (κ1) is 16.9. The van der Waals surface area contributed by atoms with Gasteiger partial charge >= 0.3 is 11.9 Å². The lowest BCUT2D eigenvalue weighted by Gasteiger charge is -2.15. The van der Waals surface area contributed by atoms with Gasteiger partial charge in [-0.1, -0.05) is 33.1 Å². The fraction of sp³-hybridized carbons (Fsp3) is 0.833. The summed E-state index contributed by atoms with van der Waals surface area (Å²) in [6.07, 6.45) is 4.02. The van der Waals surface area contributed by atoms with Crippen LogP contribution < -0.4 is 11.5 Å². The molecule has 18 heavy (non-hydrogen) atoms. The molecule has 1 aliphatic carbocycles. The van der Waals surface area contributed by atoms with Crippen molar-refractivity contribution < 1.29 is 19.8 Å². The molecule has 0 heterocycles. The second kappa shape index (κ2) is 7.33. The number of hydrogen-bond donors (Lipinski definition) is 4. The monoisotopic (exact) mass is 260 g/mol. The summed E-state index contributed by atoms with van der Waals surface area (Å²) in [4.78, 5) is 20.6. The van der Waals surface area contributed by atoms with Crippen LogP contribution in [0.5, 0.6) is 0 Å². The average molecular weight is 260 g/mol. The van der Waals surface area contributed by atoms with Crippen molar-refractivity contribution in [3.63, 3.8) is 0 Å². The number of nitrogens with two attached hydrogens (primary N) is 2. The molecule has 0 bridgehead atoms. The fourth-order valence-electron chi connectivity index (χ4n) is 1.72. The Morgan fingerprint density at radius 1 is 1.28 bits per heavy atom. The summed E-state index contributed by atoms with van der Waals surface area (Å²) in [5.41, 5.74) is 9.88. The van der Waals surface area contributed by atoms with Gasteiger partial charge in [-0.15, -0.1) is 0 Å². The number of aliphatic carboxylic acids is 2. The number of carbonyl (C=O) groups is 2. The van der Waals surface area contributed by atoms with Gasteiger partial charge in [-0.25, -0.2) is 0 Å². The Bertz CT molecular complexity index is 288. The van der Waals surface area contributed by atoms with Gasteiger partial charge in [0.1, 0.15) is 11.6 Å². The van der Waals surface area contributed by atoms with Gasteiger partial charge < -0.3 is 21.7 Å². The predicted molar refractivity (Wildman–Crippen MR) is 68.1 cm³/mol. The standard InChI is InChI=1S/C6H11NO2.C6H13NO2/c7-6(5(8)9)3-1-2-4-6;1-3-4(2)5(7)6(8)9/h1-4,7H2,(H,8,9);4-5H,3,7H2,1-2H3,(H,8,9). The molecule has 1 rings (SSSR count). The second-order valence-corrected chi connectivity index (χ2v) is 4.92. The van der Waals surface area contributed by atoms with Crippen molar-refractivity contribution in [3.05, 3.63) is 0 Å². The zero-order valence-electron chi connectivity index (χ0n) is 11.1. The highest BCUT2D eigenvalue weighted by molar-refractivity contribution is 5.78. The third-order valence-electron chi connectivity index (χ3n) is 3.46. The van der Waals surface area contributed by atoms with Crippen LogP contribution >= 0.6 is 0 Å². The van der Waals surface area contributed by atoms with Gasteiger partial charge in [0.25, 0.3) is 0 Å². The Labute approximate surface area is 107 Å². The van der Waals surface area contributed by atoms with Gasteiger partial charge in [0.15, 0.2) is 0 Å². The van der Waals surface area contributed by atoms with Gasteiger partial charge in [-0.05, 0) is 18.8 Å². The number of rotatable bonds is 4. The maximum Gasteiger partial charge on any atom is 0.323 e. The van der Waals surface area contributed by atoms with Crippen molar-refractivity contribution in [2.45, 2.75) is 57.5 Å². The van der Waals surface area contributed by atoms with Gasteiger partial charge in [-0.3, -0.25) is 9.59 Å². The Morgan fingerprint density at radius 2 is 1.72 bits per heavy atom. The third kappa shape index (κ3) is 5.01. The van der Waals surface area contributed by atoms with E-state index < -0.39 is 23.5 Å². The third-order valence-corrected chi connectivity index (χ3v) is 3.46. The normalized spacial score (nSPS) is 20.4. The molecule has 0 aromatic carbocycles. The number of carboxylic acids is 2. The zero-order valence-corrected chi connectivity index (χ0v) is 11.1. The van der Waals surface area contributed by atoms with Crippen LogP contribution in [0.2, 0.25) is 0 Å². The Balaban J connectivity index is 0.000000321. The highest BCUT2D eigenvalue weighted by atomic mass is 16.4. The van der Waals surface area contributed by atoms with E-state index in [-0.39, 0.29) is 5.92 Å². The highest BCUT2D eigenvalue weighted by Crippen LogP contribution is 2.26. The summed E-state index contributed by atoms with van der Waals surface area (Å²) in [5, 5.41) is 16.9. The van der Waals surface area contributed by atoms with E-state index >= 15 is 0 Å². The topological polar surface area (TPSA) is 127 Å². The molecule has 0 saturated heterocycles. The van der Waals surface area contributed by atoms with Crippen molar-refractivity contribution >= 4 is 11.9 Å². The van der Waals surface area contributed by atoms with Gasteiger partial charge in [0.05, 0.1) is 0 Å². The van der Waals surface area contributed by atoms with Crippen LogP contribution in [0.1, 0.15) is 46.0 Å². The smallest absolute Gasteiger partial charge is 0.323 e. The molecule has 0 radical (unpaired) electrons.